The van der Waals surface area contributed by atoms with Crippen LogP contribution in [0, 0.1) is 12.8 Å². The molecule has 0 aliphatic carbocycles. The average Bonchev–Trinajstić information content (AvgIpc) is 2.61. The third-order valence-electron chi connectivity index (χ3n) is 4.39. The van der Waals surface area contributed by atoms with E-state index in [-0.39, 0.29) is 12.5 Å². The molecular weight excluding hydrogens is 304 g/mol. The Morgan fingerprint density at radius 1 is 1.21 bits per heavy atom. The number of hydrogen-bond donors (Lipinski definition) is 1. The summed E-state index contributed by atoms with van der Waals surface area (Å²) in [5.74, 6) is -1.46. The fourth-order valence-corrected chi connectivity index (χ4v) is 3.09. The molecule has 1 aromatic carbocycles. The van der Waals surface area contributed by atoms with E-state index in [4.69, 9.17) is 0 Å². The van der Waals surface area contributed by atoms with Crippen molar-refractivity contribution >= 4 is 11.9 Å². The zero-order valence-electron chi connectivity index (χ0n) is 13.6. The van der Waals surface area contributed by atoms with Gasteiger partial charge >= 0.3 is 5.97 Å². The number of pyridine rings is 1. The summed E-state index contributed by atoms with van der Waals surface area (Å²) in [5.41, 5.74) is 3.54. The Bertz CT molecular complexity index is 773. The fourth-order valence-electron chi connectivity index (χ4n) is 3.09. The molecule has 1 aliphatic heterocycles. The van der Waals surface area contributed by atoms with E-state index in [1.165, 1.54) is 0 Å². The Morgan fingerprint density at radius 2 is 2.04 bits per heavy atom. The normalized spacial score (nSPS) is 17.5. The number of amides is 1. The number of carbonyl (C=O) groups excluding carboxylic acids is 1. The van der Waals surface area contributed by atoms with E-state index < -0.39 is 11.9 Å². The van der Waals surface area contributed by atoms with Crippen LogP contribution < -0.4 is 0 Å². The van der Waals surface area contributed by atoms with E-state index in [9.17, 15) is 14.7 Å². The summed E-state index contributed by atoms with van der Waals surface area (Å²) < 4.78 is 0. The van der Waals surface area contributed by atoms with Gasteiger partial charge in [-0.3, -0.25) is 14.6 Å². The fraction of sp³-hybridized carbons (Fsp3) is 0.316. The number of benzene rings is 1. The molecule has 2 heterocycles. The summed E-state index contributed by atoms with van der Waals surface area (Å²) in [6.07, 6.45) is 4.63. The molecule has 1 saturated heterocycles. The van der Waals surface area contributed by atoms with Gasteiger partial charge in [0.25, 0.3) is 5.91 Å². The number of aromatic nitrogens is 1. The minimum Gasteiger partial charge on any atom is -0.481 e. The van der Waals surface area contributed by atoms with Crippen molar-refractivity contribution in [2.45, 2.75) is 19.8 Å². The van der Waals surface area contributed by atoms with Crippen molar-refractivity contribution in [3.63, 3.8) is 0 Å². The quantitative estimate of drug-likeness (QED) is 0.942. The molecule has 0 bridgehead atoms. The molecule has 3 rings (SSSR count). The lowest BCUT2D eigenvalue weighted by Gasteiger charge is -2.30. The molecule has 0 radical (unpaired) electrons. The molecule has 5 nitrogen and oxygen atoms in total. The molecule has 5 heteroatoms. The lowest BCUT2D eigenvalue weighted by Crippen LogP contribution is -2.42. The van der Waals surface area contributed by atoms with Gasteiger partial charge in [-0.2, -0.15) is 0 Å². The van der Waals surface area contributed by atoms with Gasteiger partial charge in [0.05, 0.1) is 11.5 Å². The first kappa shape index (κ1) is 16.2. The van der Waals surface area contributed by atoms with Gasteiger partial charge in [-0.15, -0.1) is 0 Å². The van der Waals surface area contributed by atoms with Crippen molar-refractivity contribution in [2.24, 2.45) is 5.92 Å². The Hall–Kier alpha value is -2.69. The minimum absolute atomic E-state index is 0.150. The second-order valence-electron chi connectivity index (χ2n) is 6.26. The van der Waals surface area contributed by atoms with Gasteiger partial charge < -0.3 is 10.0 Å². The summed E-state index contributed by atoms with van der Waals surface area (Å²) in [6.45, 7) is 2.88. The molecule has 1 unspecified atom stereocenters. The number of nitrogens with zero attached hydrogens (tertiary/aromatic N) is 2. The van der Waals surface area contributed by atoms with Crippen molar-refractivity contribution in [2.75, 3.05) is 13.1 Å². The lowest BCUT2D eigenvalue weighted by molar-refractivity contribution is -0.143. The molecular formula is C19H20N2O3. The Kier molecular flexibility index (Phi) is 4.60. The van der Waals surface area contributed by atoms with Crippen LogP contribution in [0.25, 0.3) is 11.1 Å². The van der Waals surface area contributed by atoms with Crippen LogP contribution in [0.3, 0.4) is 0 Å². The highest BCUT2D eigenvalue weighted by Gasteiger charge is 2.28. The number of likely N-dealkylation sites (tertiary alicyclic amines) is 1. The van der Waals surface area contributed by atoms with Crippen molar-refractivity contribution in [3.05, 3.63) is 53.9 Å². The van der Waals surface area contributed by atoms with Gasteiger partial charge in [-0.25, -0.2) is 0 Å². The molecule has 1 N–H and O–H groups in total. The van der Waals surface area contributed by atoms with Crippen LogP contribution in [-0.4, -0.2) is 40.0 Å². The van der Waals surface area contributed by atoms with E-state index in [1.807, 2.05) is 37.3 Å². The summed E-state index contributed by atoms with van der Waals surface area (Å²) in [4.78, 5) is 29.7. The summed E-state index contributed by atoms with van der Waals surface area (Å²) >= 11 is 0. The number of hydrogen-bond acceptors (Lipinski definition) is 3. The summed E-state index contributed by atoms with van der Waals surface area (Å²) in [6, 6.07) is 9.85. The van der Waals surface area contributed by atoms with Crippen molar-refractivity contribution in [1.82, 2.24) is 9.88 Å². The van der Waals surface area contributed by atoms with Crippen LogP contribution in [0.5, 0.6) is 0 Å². The molecule has 1 aromatic heterocycles. The standard InChI is InChI=1S/C19H20N2O3/c1-13-4-2-5-14(8-13)16-9-17(11-20-10-16)18(22)21-7-3-6-15(12-21)19(23)24/h2,4-5,8-11,15H,3,6-7,12H2,1H3,(H,23,24). The Balaban J connectivity index is 1.83. The number of aryl methyl sites for hydroxylation is 1. The largest absolute Gasteiger partial charge is 0.481 e. The number of aliphatic carboxylic acids is 1. The third-order valence-corrected chi connectivity index (χ3v) is 4.39. The van der Waals surface area contributed by atoms with E-state index in [1.54, 1.807) is 17.3 Å². The summed E-state index contributed by atoms with van der Waals surface area (Å²) in [7, 11) is 0. The third kappa shape index (κ3) is 3.45. The van der Waals surface area contributed by atoms with E-state index in [0.29, 0.717) is 24.9 Å². The molecule has 1 aliphatic rings. The maximum Gasteiger partial charge on any atom is 0.308 e. The van der Waals surface area contributed by atoms with E-state index in [2.05, 4.69) is 4.98 Å². The van der Waals surface area contributed by atoms with Gasteiger partial charge in [0.1, 0.15) is 0 Å². The molecule has 0 spiro atoms. The first-order valence-corrected chi connectivity index (χ1v) is 8.09. The zero-order valence-corrected chi connectivity index (χ0v) is 13.6. The highest BCUT2D eigenvalue weighted by molar-refractivity contribution is 5.95. The van der Waals surface area contributed by atoms with Gasteiger partial charge in [0.2, 0.25) is 0 Å². The molecule has 124 valence electrons. The number of rotatable bonds is 3. The monoisotopic (exact) mass is 324 g/mol. The van der Waals surface area contributed by atoms with Crippen LogP contribution in [-0.2, 0) is 4.79 Å². The Morgan fingerprint density at radius 3 is 2.79 bits per heavy atom. The van der Waals surface area contributed by atoms with E-state index >= 15 is 0 Å². The van der Waals surface area contributed by atoms with Crippen molar-refractivity contribution < 1.29 is 14.7 Å². The van der Waals surface area contributed by atoms with Gasteiger partial charge in [-0.05, 0) is 31.4 Å². The van der Waals surface area contributed by atoms with Crippen LogP contribution in [0.1, 0.15) is 28.8 Å². The number of piperidine rings is 1. The van der Waals surface area contributed by atoms with Crippen molar-refractivity contribution in [1.29, 1.82) is 0 Å². The van der Waals surface area contributed by atoms with Gasteiger partial charge in [0, 0.05) is 31.0 Å². The number of carboxylic acid groups (broad SMARTS) is 1. The predicted octanol–water partition coefficient (Wildman–Crippen LogP) is 2.99. The highest BCUT2D eigenvalue weighted by atomic mass is 16.4. The summed E-state index contributed by atoms with van der Waals surface area (Å²) in [5, 5.41) is 9.18. The van der Waals surface area contributed by atoms with Crippen LogP contribution in [0.4, 0.5) is 0 Å². The van der Waals surface area contributed by atoms with Crippen LogP contribution in [0.15, 0.2) is 42.7 Å². The topological polar surface area (TPSA) is 70.5 Å². The lowest BCUT2D eigenvalue weighted by atomic mass is 9.97. The second-order valence-corrected chi connectivity index (χ2v) is 6.26. The highest BCUT2D eigenvalue weighted by Crippen LogP contribution is 2.23. The SMILES string of the molecule is Cc1cccc(-c2cncc(C(=O)N3CCCC(C(=O)O)C3)c2)c1. The first-order valence-electron chi connectivity index (χ1n) is 8.09. The molecule has 24 heavy (non-hydrogen) atoms. The average molecular weight is 324 g/mol. The van der Waals surface area contributed by atoms with Crippen LogP contribution in [0.2, 0.25) is 0 Å². The smallest absolute Gasteiger partial charge is 0.308 e. The van der Waals surface area contributed by atoms with E-state index in [0.717, 1.165) is 16.7 Å². The molecule has 1 amide bonds. The number of carbonyl (C=O) groups is 2. The molecule has 0 saturated carbocycles. The molecule has 1 fully saturated rings. The van der Waals surface area contributed by atoms with Crippen molar-refractivity contribution in [3.8, 4) is 11.1 Å². The number of carboxylic acids is 1. The molecule has 2 aromatic rings. The second kappa shape index (κ2) is 6.83. The minimum atomic E-state index is -0.834. The van der Waals surface area contributed by atoms with Gasteiger partial charge in [-0.1, -0.05) is 29.8 Å². The Labute approximate surface area is 140 Å². The van der Waals surface area contributed by atoms with Gasteiger partial charge in [0.15, 0.2) is 0 Å². The first-order chi connectivity index (χ1) is 11.5. The van der Waals surface area contributed by atoms with Crippen LogP contribution >= 0.6 is 0 Å². The zero-order chi connectivity index (χ0) is 17.1. The maximum absolute atomic E-state index is 12.7. The maximum atomic E-state index is 12.7. The molecule has 1 atom stereocenters. The predicted molar refractivity (Wildman–Crippen MR) is 90.7 cm³/mol.